The van der Waals surface area contributed by atoms with E-state index in [-0.39, 0.29) is 24.0 Å². The Balaban J connectivity index is 0.00000240. The average molecular weight is 509 g/mol. The quantitative estimate of drug-likeness (QED) is 0.367. The molecule has 7 nitrogen and oxygen atoms in total. The molecule has 156 valence electrons. The van der Waals surface area contributed by atoms with Crippen LogP contribution in [0.3, 0.4) is 0 Å². The highest BCUT2D eigenvalue weighted by Crippen LogP contribution is 2.32. The largest absolute Gasteiger partial charge is 0.454 e. The van der Waals surface area contributed by atoms with Gasteiger partial charge in [-0.15, -0.1) is 24.0 Å². The van der Waals surface area contributed by atoms with E-state index in [2.05, 4.69) is 31.6 Å². The van der Waals surface area contributed by atoms with Gasteiger partial charge >= 0.3 is 0 Å². The van der Waals surface area contributed by atoms with Crippen molar-refractivity contribution in [3.63, 3.8) is 0 Å². The summed E-state index contributed by atoms with van der Waals surface area (Å²) in [5.74, 6) is 3.43. The van der Waals surface area contributed by atoms with Gasteiger partial charge in [0.2, 0.25) is 6.79 Å². The molecule has 2 aromatic rings. The van der Waals surface area contributed by atoms with Gasteiger partial charge in [-0.2, -0.15) is 0 Å². The molecule has 0 spiro atoms. The molecule has 0 bridgehead atoms. The van der Waals surface area contributed by atoms with E-state index < -0.39 is 0 Å². The maximum absolute atomic E-state index is 5.43. The number of piperidine rings is 1. The first kappa shape index (κ1) is 21.5. The van der Waals surface area contributed by atoms with Crippen LogP contribution in [0.15, 0.2) is 41.5 Å². The molecule has 0 atom stereocenters. The Morgan fingerprint density at radius 3 is 2.48 bits per heavy atom. The number of aromatic nitrogens is 1. The van der Waals surface area contributed by atoms with Crippen LogP contribution in [0.25, 0.3) is 0 Å². The second kappa shape index (κ2) is 10.5. The Kier molecular flexibility index (Phi) is 7.79. The van der Waals surface area contributed by atoms with Crippen molar-refractivity contribution < 1.29 is 9.47 Å². The number of hydrogen-bond acceptors (Lipinski definition) is 5. The molecule has 1 aromatic heterocycles. The lowest BCUT2D eigenvalue weighted by Gasteiger charge is -2.28. The standard InChI is InChI=1S/C21H27N5O2.HI/c1-22-21(24-13-16-5-6-18-19(11-16)28-15-27-18)25-14-17-7-8-23-20(12-17)26-9-3-2-4-10-26;/h5-8,11-12H,2-4,9-10,13-15H2,1H3,(H2,22,24,25);1H. The number of fused-ring (bicyclic) bond motifs is 1. The molecule has 1 aromatic carbocycles. The zero-order valence-corrected chi connectivity index (χ0v) is 19.0. The molecule has 2 aliphatic heterocycles. The van der Waals surface area contributed by atoms with Crippen LogP contribution in [0.1, 0.15) is 30.4 Å². The number of nitrogens with zero attached hydrogens (tertiary/aromatic N) is 3. The van der Waals surface area contributed by atoms with E-state index in [9.17, 15) is 0 Å². The van der Waals surface area contributed by atoms with Crippen LogP contribution in [0, 0.1) is 0 Å². The summed E-state index contributed by atoms with van der Waals surface area (Å²) in [6, 6.07) is 10.2. The van der Waals surface area contributed by atoms with E-state index >= 15 is 0 Å². The summed E-state index contributed by atoms with van der Waals surface area (Å²) in [6.07, 6.45) is 5.72. The molecule has 4 rings (SSSR count). The molecular formula is C21H28IN5O2. The first-order chi connectivity index (χ1) is 13.8. The second-order valence-electron chi connectivity index (χ2n) is 7.04. The number of rotatable bonds is 5. The van der Waals surface area contributed by atoms with Crippen LogP contribution >= 0.6 is 24.0 Å². The maximum Gasteiger partial charge on any atom is 0.231 e. The number of anilines is 1. The Labute approximate surface area is 188 Å². The zero-order chi connectivity index (χ0) is 19.2. The molecule has 0 aliphatic carbocycles. The SMILES string of the molecule is CN=C(NCc1ccnc(N2CCCCC2)c1)NCc1ccc2c(c1)OCO2.I. The molecule has 3 heterocycles. The fourth-order valence-corrected chi connectivity index (χ4v) is 3.51. The van der Waals surface area contributed by atoms with Crippen molar-refractivity contribution in [3.05, 3.63) is 47.7 Å². The minimum Gasteiger partial charge on any atom is -0.454 e. The molecule has 1 fully saturated rings. The van der Waals surface area contributed by atoms with Gasteiger partial charge in [-0.3, -0.25) is 4.99 Å². The fraction of sp³-hybridized carbons (Fsp3) is 0.429. The molecule has 29 heavy (non-hydrogen) atoms. The van der Waals surface area contributed by atoms with Crippen LogP contribution in [-0.4, -0.2) is 37.9 Å². The average Bonchev–Trinajstić information content (AvgIpc) is 3.23. The number of guanidine groups is 1. The van der Waals surface area contributed by atoms with Crippen molar-refractivity contribution >= 4 is 35.8 Å². The smallest absolute Gasteiger partial charge is 0.231 e. The van der Waals surface area contributed by atoms with E-state index in [1.807, 2.05) is 30.5 Å². The van der Waals surface area contributed by atoms with Gasteiger partial charge in [0, 0.05) is 39.4 Å². The van der Waals surface area contributed by atoms with Gasteiger partial charge in [0.05, 0.1) is 0 Å². The molecule has 0 amide bonds. The van der Waals surface area contributed by atoms with Gasteiger partial charge in [-0.25, -0.2) is 4.98 Å². The van der Waals surface area contributed by atoms with Gasteiger partial charge in [0.15, 0.2) is 17.5 Å². The number of pyridine rings is 1. The summed E-state index contributed by atoms with van der Waals surface area (Å²) in [6.45, 7) is 3.85. The van der Waals surface area contributed by atoms with Crippen molar-refractivity contribution in [2.75, 3.05) is 31.8 Å². The summed E-state index contributed by atoms with van der Waals surface area (Å²) in [7, 11) is 1.78. The van der Waals surface area contributed by atoms with Crippen LogP contribution in [0.2, 0.25) is 0 Å². The van der Waals surface area contributed by atoms with Crippen LogP contribution in [0.5, 0.6) is 11.5 Å². The molecule has 1 saturated heterocycles. The summed E-state index contributed by atoms with van der Waals surface area (Å²) in [4.78, 5) is 11.2. The number of benzene rings is 1. The van der Waals surface area contributed by atoms with Gasteiger partial charge in [0.25, 0.3) is 0 Å². The number of aliphatic imine (C=N–C) groups is 1. The van der Waals surface area contributed by atoms with E-state index in [1.165, 1.54) is 24.8 Å². The molecular weight excluding hydrogens is 481 g/mol. The topological polar surface area (TPSA) is 71.0 Å². The Bertz CT molecular complexity index is 840. The summed E-state index contributed by atoms with van der Waals surface area (Å²) in [5.41, 5.74) is 2.31. The highest BCUT2D eigenvalue weighted by molar-refractivity contribution is 14.0. The van der Waals surface area contributed by atoms with Crippen LogP contribution < -0.4 is 25.0 Å². The normalized spacial score (nSPS) is 15.6. The minimum absolute atomic E-state index is 0. The van der Waals surface area contributed by atoms with Gasteiger partial charge in [-0.1, -0.05) is 6.07 Å². The van der Waals surface area contributed by atoms with Crippen LogP contribution in [0.4, 0.5) is 5.82 Å². The number of ether oxygens (including phenoxy) is 2. The predicted octanol–water partition coefficient (Wildman–Crippen LogP) is 3.28. The lowest BCUT2D eigenvalue weighted by Crippen LogP contribution is -2.36. The summed E-state index contributed by atoms with van der Waals surface area (Å²) >= 11 is 0. The minimum atomic E-state index is 0. The van der Waals surface area contributed by atoms with Crippen molar-refractivity contribution in [1.29, 1.82) is 0 Å². The molecule has 0 radical (unpaired) electrons. The van der Waals surface area contributed by atoms with Crippen molar-refractivity contribution in [1.82, 2.24) is 15.6 Å². The third kappa shape index (κ3) is 5.65. The third-order valence-corrected chi connectivity index (χ3v) is 5.07. The van der Waals surface area contributed by atoms with E-state index in [0.717, 1.165) is 41.9 Å². The van der Waals surface area contributed by atoms with Gasteiger partial charge < -0.3 is 25.0 Å². The van der Waals surface area contributed by atoms with E-state index in [4.69, 9.17) is 9.47 Å². The van der Waals surface area contributed by atoms with Crippen LogP contribution in [-0.2, 0) is 13.1 Å². The van der Waals surface area contributed by atoms with Crippen molar-refractivity contribution in [2.24, 2.45) is 4.99 Å². The summed E-state index contributed by atoms with van der Waals surface area (Å²) in [5, 5.41) is 6.72. The van der Waals surface area contributed by atoms with E-state index in [1.54, 1.807) is 7.05 Å². The predicted molar refractivity (Wildman–Crippen MR) is 125 cm³/mol. The number of nitrogens with one attached hydrogen (secondary N) is 2. The fourth-order valence-electron chi connectivity index (χ4n) is 3.51. The molecule has 2 aliphatic rings. The monoisotopic (exact) mass is 509 g/mol. The molecule has 0 unspecified atom stereocenters. The Hall–Kier alpha value is -2.23. The zero-order valence-electron chi connectivity index (χ0n) is 16.7. The number of hydrogen-bond donors (Lipinski definition) is 2. The first-order valence-electron chi connectivity index (χ1n) is 9.85. The Morgan fingerprint density at radius 2 is 1.72 bits per heavy atom. The maximum atomic E-state index is 5.43. The molecule has 8 heteroatoms. The van der Waals surface area contributed by atoms with Gasteiger partial charge in [0.1, 0.15) is 5.82 Å². The van der Waals surface area contributed by atoms with Crippen molar-refractivity contribution in [3.8, 4) is 11.5 Å². The van der Waals surface area contributed by atoms with Gasteiger partial charge in [-0.05, 0) is 54.7 Å². The molecule has 0 saturated carbocycles. The lowest BCUT2D eigenvalue weighted by molar-refractivity contribution is 0.174. The highest BCUT2D eigenvalue weighted by Gasteiger charge is 2.14. The third-order valence-electron chi connectivity index (χ3n) is 5.07. The summed E-state index contributed by atoms with van der Waals surface area (Å²) < 4.78 is 10.8. The van der Waals surface area contributed by atoms with E-state index in [0.29, 0.717) is 19.9 Å². The highest BCUT2D eigenvalue weighted by atomic mass is 127. The first-order valence-corrected chi connectivity index (χ1v) is 9.85. The lowest BCUT2D eigenvalue weighted by atomic mass is 10.1. The number of halogens is 1. The molecule has 2 N–H and O–H groups in total. The van der Waals surface area contributed by atoms with Crippen molar-refractivity contribution in [2.45, 2.75) is 32.4 Å². The second-order valence-corrected chi connectivity index (χ2v) is 7.04. The Morgan fingerprint density at radius 1 is 1.00 bits per heavy atom.